The summed E-state index contributed by atoms with van der Waals surface area (Å²) in [5, 5.41) is 0. The van der Waals surface area contributed by atoms with E-state index in [0.29, 0.717) is 28.9 Å². The summed E-state index contributed by atoms with van der Waals surface area (Å²) >= 11 is 0. The quantitative estimate of drug-likeness (QED) is 0.527. The highest BCUT2D eigenvalue weighted by molar-refractivity contribution is 5.82. The van der Waals surface area contributed by atoms with Gasteiger partial charge in [0.25, 0.3) is 0 Å². The Morgan fingerprint density at radius 3 is 2.90 bits per heavy atom. The minimum atomic E-state index is -0.353. The highest BCUT2D eigenvalue weighted by Crippen LogP contribution is 2.35. The number of aryl methyl sites for hydroxylation is 1. The lowest BCUT2D eigenvalue weighted by molar-refractivity contribution is 0.339. The number of nitrogen functional groups attached to an aromatic ring is 1. The normalized spacial score (nSPS) is 15.9. The number of aromatic nitrogens is 4. The Labute approximate surface area is 173 Å². The van der Waals surface area contributed by atoms with Crippen LogP contribution in [0.15, 0.2) is 42.6 Å². The maximum atomic E-state index is 14.8. The van der Waals surface area contributed by atoms with Gasteiger partial charge in [-0.1, -0.05) is 6.07 Å². The number of rotatable bonds is 4. The molecule has 6 nitrogen and oxygen atoms in total. The summed E-state index contributed by atoms with van der Waals surface area (Å²) in [4.78, 5) is 16.0. The minimum absolute atomic E-state index is 0.156. The number of halogens is 1. The number of nitrogens with two attached hydrogens (primary N) is 1. The zero-order valence-corrected chi connectivity index (χ0v) is 16.7. The van der Waals surface area contributed by atoms with Crippen LogP contribution in [0.1, 0.15) is 36.2 Å². The van der Waals surface area contributed by atoms with Crippen LogP contribution in [0.2, 0.25) is 0 Å². The van der Waals surface area contributed by atoms with Crippen molar-refractivity contribution in [3.05, 3.63) is 65.4 Å². The second kappa shape index (κ2) is 7.40. The molecule has 2 heterocycles. The molecule has 0 spiro atoms. The number of imidazole rings is 1. The van der Waals surface area contributed by atoms with Gasteiger partial charge in [0.15, 0.2) is 0 Å². The predicted octanol–water partition coefficient (Wildman–Crippen LogP) is 4.41. The van der Waals surface area contributed by atoms with E-state index in [-0.39, 0.29) is 17.7 Å². The third kappa shape index (κ3) is 3.36. The first-order chi connectivity index (χ1) is 14.6. The van der Waals surface area contributed by atoms with Crippen molar-refractivity contribution in [1.82, 2.24) is 19.9 Å². The van der Waals surface area contributed by atoms with Crippen molar-refractivity contribution in [2.24, 2.45) is 0 Å². The molecule has 3 N–H and O–H groups in total. The maximum absolute atomic E-state index is 14.8. The topological polar surface area (TPSA) is 89.7 Å². The fraction of sp³-hybridized carbons (Fsp3) is 0.261. The molecule has 0 saturated heterocycles. The van der Waals surface area contributed by atoms with Crippen molar-refractivity contribution < 1.29 is 9.13 Å². The number of nitrogens with zero attached hydrogens (tertiary/aromatic N) is 3. The second-order valence-corrected chi connectivity index (χ2v) is 7.58. The lowest BCUT2D eigenvalue weighted by Gasteiger charge is -2.23. The van der Waals surface area contributed by atoms with Crippen LogP contribution in [-0.4, -0.2) is 26.5 Å². The monoisotopic (exact) mass is 403 g/mol. The van der Waals surface area contributed by atoms with Crippen LogP contribution >= 0.6 is 0 Å². The van der Waals surface area contributed by atoms with Crippen molar-refractivity contribution in [2.75, 3.05) is 12.3 Å². The van der Waals surface area contributed by atoms with Gasteiger partial charge >= 0.3 is 0 Å². The smallest absolute Gasteiger partial charge is 0.220 e. The van der Waals surface area contributed by atoms with Crippen molar-refractivity contribution in [2.45, 2.75) is 32.1 Å². The molecule has 1 unspecified atom stereocenters. The molecule has 0 bridgehead atoms. The fourth-order valence-corrected chi connectivity index (χ4v) is 4.19. The van der Waals surface area contributed by atoms with E-state index in [4.69, 9.17) is 15.5 Å². The molecule has 0 aliphatic heterocycles. The molecule has 0 fully saturated rings. The maximum Gasteiger partial charge on any atom is 0.220 e. The predicted molar refractivity (Wildman–Crippen MR) is 114 cm³/mol. The number of aromatic amines is 1. The van der Waals surface area contributed by atoms with E-state index in [0.717, 1.165) is 30.8 Å². The number of nitrogens with one attached hydrogen (secondary N) is 1. The third-order valence-electron chi connectivity index (χ3n) is 5.64. The summed E-state index contributed by atoms with van der Waals surface area (Å²) in [7, 11) is 0. The highest BCUT2D eigenvalue weighted by Gasteiger charge is 2.24. The van der Waals surface area contributed by atoms with E-state index < -0.39 is 0 Å². The first-order valence-electron chi connectivity index (χ1n) is 10.1. The zero-order valence-electron chi connectivity index (χ0n) is 16.7. The van der Waals surface area contributed by atoms with Gasteiger partial charge < -0.3 is 15.5 Å². The number of ether oxygens (including phenoxy) is 1. The number of fused-ring (bicyclic) bond motifs is 2. The molecule has 5 rings (SSSR count). The molecule has 1 aliphatic rings. The van der Waals surface area contributed by atoms with Gasteiger partial charge in [0.2, 0.25) is 5.95 Å². The van der Waals surface area contributed by atoms with Crippen molar-refractivity contribution in [3.8, 4) is 17.0 Å². The highest BCUT2D eigenvalue weighted by atomic mass is 19.1. The van der Waals surface area contributed by atoms with Crippen LogP contribution in [0.4, 0.5) is 10.3 Å². The Hall–Kier alpha value is -3.48. The average molecular weight is 403 g/mol. The molecule has 1 atom stereocenters. The molecular weight excluding hydrogens is 381 g/mol. The van der Waals surface area contributed by atoms with Crippen LogP contribution in [0.25, 0.3) is 22.3 Å². The molecule has 4 aromatic rings. The number of hydrogen-bond donors (Lipinski definition) is 2. The van der Waals surface area contributed by atoms with Crippen LogP contribution in [-0.2, 0) is 12.8 Å². The molecule has 0 amide bonds. The summed E-state index contributed by atoms with van der Waals surface area (Å²) in [5.74, 6) is 1.72. The standard InChI is InChI=1S/C23H22FN5O/c1-2-30-17-6-5-13-3-4-14(9-15(13)10-17)22-27-20-12-16(11-18(24)21(20)29-22)19-7-8-26-23(25)28-19/h5-8,10-12,14H,2-4,9H2,1H3,(H,27,29)(H2,25,26,28). The minimum Gasteiger partial charge on any atom is -0.494 e. The molecule has 152 valence electrons. The average Bonchev–Trinajstić information content (AvgIpc) is 3.18. The number of benzene rings is 2. The summed E-state index contributed by atoms with van der Waals surface area (Å²) in [6.45, 7) is 2.63. The number of H-pyrrole nitrogens is 1. The zero-order chi connectivity index (χ0) is 20.7. The molecule has 2 aromatic heterocycles. The largest absolute Gasteiger partial charge is 0.494 e. The third-order valence-corrected chi connectivity index (χ3v) is 5.64. The molecule has 0 saturated carbocycles. The molecule has 7 heteroatoms. The molecule has 30 heavy (non-hydrogen) atoms. The number of anilines is 1. The summed E-state index contributed by atoms with van der Waals surface area (Å²) in [6, 6.07) is 11.3. The Morgan fingerprint density at radius 1 is 1.17 bits per heavy atom. The van der Waals surface area contributed by atoms with Crippen LogP contribution < -0.4 is 10.5 Å². The van der Waals surface area contributed by atoms with Gasteiger partial charge in [-0.15, -0.1) is 0 Å². The van der Waals surface area contributed by atoms with Crippen LogP contribution in [0.5, 0.6) is 5.75 Å². The van der Waals surface area contributed by atoms with Gasteiger partial charge in [-0.3, -0.25) is 0 Å². The van der Waals surface area contributed by atoms with E-state index in [2.05, 4.69) is 27.1 Å². The Bertz CT molecular complexity index is 1240. The lowest BCUT2D eigenvalue weighted by atomic mass is 9.83. The molecule has 1 aliphatic carbocycles. The van der Waals surface area contributed by atoms with E-state index in [1.54, 1.807) is 12.3 Å². The molecular formula is C23H22FN5O. The second-order valence-electron chi connectivity index (χ2n) is 7.58. The van der Waals surface area contributed by atoms with E-state index in [9.17, 15) is 4.39 Å². The van der Waals surface area contributed by atoms with Gasteiger partial charge in [0, 0.05) is 17.7 Å². The van der Waals surface area contributed by atoms with Gasteiger partial charge in [0.05, 0.1) is 17.8 Å². The molecule has 0 radical (unpaired) electrons. The number of hydrogen-bond acceptors (Lipinski definition) is 5. The van der Waals surface area contributed by atoms with Gasteiger partial charge in [-0.2, -0.15) is 0 Å². The van der Waals surface area contributed by atoms with Crippen LogP contribution in [0.3, 0.4) is 0 Å². The Kier molecular flexibility index (Phi) is 4.58. The molecule has 2 aromatic carbocycles. The first kappa shape index (κ1) is 18.5. The van der Waals surface area contributed by atoms with Crippen molar-refractivity contribution in [1.29, 1.82) is 0 Å². The van der Waals surface area contributed by atoms with Crippen LogP contribution in [0, 0.1) is 5.82 Å². The first-order valence-corrected chi connectivity index (χ1v) is 10.1. The van der Waals surface area contributed by atoms with E-state index in [1.165, 1.54) is 17.2 Å². The summed E-state index contributed by atoms with van der Waals surface area (Å²) in [5.41, 5.74) is 10.5. The van der Waals surface area contributed by atoms with Gasteiger partial charge in [0.1, 0.15) is 22.9 Å². The van der Waals surface area contributed by atoms with Gasteiger partial charge in [-0.25, -0.2) is 19.3 Å². The fourth-order valence-electron chi connectivity index (χ4n) is 4.19. The Balaban J connectivity index is 1.48. The summed E-state index contributed by atoms with van der Waals surface area (Å²) < 4.78 is 20.5. The lowest BCUT2D eigenvalue weighted by Crippen LogP contribution is -2.14. The van der Waals surface area contributed by atoms with Crippen molar-refractivity contribution in [3.63, 3.8) is 0 Å². The van der Waals surface area contributed by atoms with E-state index >= 15 is 0 Å². The Morgan fingerprint density at radius 2 is 2.07 bits per heavy atom. The van der Waals surface area contributed by atoms with Crippen molar-refractivity contribution >= 4 is 17.0 Å². The van der Waals surface area contributed by atoms with Gasteiger partial charge in [-0.05, 0) is 67.6 Å². The van der Waals surface area contributed by atoms with E-state index in [1.807, 2.05) is 19.1 Å². The summed E-state index contributed by atoms with van der Waals surface area (Å²) in [6.07, 6.45) is 4.35. The SMILES string of the molecule is CCOc1ccc2c(c1)CC(c1nc3cc(-c4ccnc(N)n4)cc(F)c3[nH]1)CC2.